The zero-order valence-electron chi connectivity index (χ0n) is 30.3. The highest BCUT2D eigenvalue weighted by Gasteiger charge is 2.51. The van der Waals surface area contributed by atoms with Crippen LogP contribution in [-0.4, -0.2) is 9.97 Å². The van der Waals surface area contributed by atoms with Crippen LogP contribution >= 0.6 is 11.3 Å². The maximum atomic E-state index is 5.28. The van der Waals surface area contributed by atoms with Gasteiger partial charge in [-0.2, -0.15) is 0 Å². The molecule has 0 saturated heterocycles. The van der Waals surface area contributed by atoms with E-state index in [1.54, 1.807) is 0 Å². The Bertz CT molecular complexity index is 3080. The summed E-state index contributed by atoms with van der Waals surface area (Å²) in [7, 11) is 0. The molecule has 56 heavy (non-hydrogen) atoms. The minimum atomic E-state index is -0.398. The Hall–Kier alpha value is -6.94. The maximum Gasteiger partial charge on any atom is 0.161 e. The fourth-order valence-electron chi connectivity index (χ4n) is 9.59. The number of thiophene rings is 1. The molecule has 0 aliphatic heterocycles. The third-order valence-corrected chi connectivity index (χ3v) is 13.1. The molecule has 0 unspecified atom stereocenters. The molecule has 2 heterocycles. The smallest absolute Gasteiger partial charge is 0.161 e. The quantitative estimate of drug-likeness (QED) is 0.180. The number of nitrogens with zero attached hydrogens (tertiary/aromatic N) is 2. The summed E-state index contributed by atoms with van der Waals surface area (Å²) in [5.74, 6) is 0.732. The van der Waals surface area contributed by atoms with Gasteiger partial charge >= 0.3 is 0 Å². The number of aromatic nitrogens is 2. The van der Waals surface area contributed by atoms with Crippen molar-refractivity contribution in [1.82, 2.24) is 9.97 Å². The third-order valence-electron chi connectivity index (χ3n) is 11.9. The van der Waals surface area contributed by atoms with Gasteiger partial charge in [0.15, 0.2) is 5.82 Å². The molecule has 260 valence electrons. The zero-order chi connectivity index (χ0) is 36.8. The molecule has 12 rings (SSSR count). The lowest BCUT2D eigenvalue weighted by Crippen LogP contribution is -2.25. The summed E-state index contributed by atoms with van der Waals surface area (Å²) < 4.78 is 2.45. The van der Waals surface area contributed by atoms with E-state index in [1.807, 2.05) is 23.5 Å². The maximum absolute atomic E-state index is 5.28. The summed E-state index contributed by atoms with van der Waals surface area (Å²) >= 11 is 1.83. The van der Waals surface area contributed by atoms with Crippen LogP contribution in [0.3, 0.4) is 0 Å². The van der Waals surface area contributed by atoms with Crippen molar-refractivity contribution in [2.75, 3.05) is 0 Å². The zero-order valence-corrected chi connectivity index (χ0v) is 31.1. The first-order valence-corrected chi connectivity index (χ1v) is 20.0. The predicted octanol–water partition coefficient (Wildman–Crippen LogP) is 13.9. The number of hydrogen-bond acceptors (Lipinski definition) is 3. The Kier molecular flexibility index (Phi) is 6.75. The Morgan fingerprint density at radius 2 is 0.839 bits per heavy atom. The molecule has 2 aromatic heterocycles. The molecule has 2 aliphatic rings. The SMILES string of the molecule is c1ccc(-c2cc(-c3ccccc3)nc(-c3ccc(-c4ccc5c(c4)C4(c6ccccc6-c6ccccc64)c4ccccc4-5)c4c3sc3ccccc34)n2)cc1. The number of hydrogen-bond donors (Lipinski definition) is 0. The summed E-state index contributed by atoms with van der Waals surface area (Å²) in [6.07, 6.45) is 0. The lowest BCUT2D eigenvalue weighted by Gasteiger charge is -2.30. The highest BCUT2D eigenvalue weighted by Crippen LogP contribution is 2.63. The van der Waals surface area contributed by atoms with Crippen molar-refractivity contribution in [2.24, 2.45) is 0 Å². The van der Waals surface area contributed by atoms with Gasteiger partial charge in [0.05, 0.1) is 16.8 Å². The number of benzene rings is 8. The first-order valence-electron chi connectivity index (χ1n) is 19.2. The van der Waals surface area contributed by atoms with Crippen LogP contribution in [0.5, 0.6) is 0 Å². The Balaban J connectivity index is 1.11. The van der Waals surface area contributed by atoms with Gasteiger partial charge in [-0.25, -0.2) is 9.97 Å². The van der Waals surface area contributed by atoms with E-state index in [4.69, 9.17) is 9.97 Å². The van der Waals surface area contributed by atoms with Crippen molar-refractivity contribution in [1.29, 1.82) is 0 Å². The van der Waals surface area contributed by atoms with E-state index in [2.05, 4.69) is 182 Å². The average Bonchev–Trinajstić information content (AvgIpc) is 3.91. The van der Waals surface area contributed by atoms with Crippen molar-refractivity contribution in [3.63, 3.8) is 0 Å². The Morgan fingerprint density at radius 3 is 1.45 bits per heavy atom. The van der Waals surface area contributed by atoms with Crippen LogP contribution in [0.15, 0.2) is 194 Å². The molecule has 10 aromatic rings. The highest BCUT2D eigenvalue weighted by atomic mass is 32.1. The minimum absolute atomic E-state index is 0.398. The molecule has 0 fully saturated rings. The lowest BCUT2D eigenvalue weighted by molar-refractivity contribution is 0.794. The standard InChI is InChI=1S/C53H32N2S/c1-3-15-33(16-4-1)47-32-48(34-17-5-2-6-18-34)55-52(54-47)42-30-29-36(50-41-22-10-14-26-49(41)56-51(42)50)35-27-28-40-39-21-9-13-25-45(39)53(46(40)31-35)43-23-11-7-19-37(43)38-20-8-12-24-44(38)53/h1-32H. The second kappa shape index (κ2) is 12.0. The van der Waals surface area contributed by atoms with Gasteiger partial charge in [-0.05, 0) is 79.9 Å². The summed E-state index contributed by atoms with van der Waals surface area (Å²) in [4.78, 5) is 10.6. The van der Waals surface area contributed by atoms with Crippen LogP contribution in [0.1, 0.15) is 22.3 Å². The van der Waals surface area contributed by atoms with Crippen LogP contribution in [0, 0.1) is 0 Å². The van der Waals surface area contributed by atoms with Gasteiger partial charge in [-0.15, -0.1) is 11.3 Å². The van der Waals surface area contributed by atoms with E-state index in [9.17, 15) is 0 Å². The van der Waals surface area contributed by atoms with Crippen LogP contribution in [0.2, 0.25) is 0 Å². The lowest BCUT2D eigenvalue weighted by atomic mass is 9.70. The van der Waals surface area contributed by atoms with E-state index in [0.29, 0.717) is 0 Å². The topological polar surface area (TPSA) is 25.8 Å². The second-order valence-corrected chi connectivity index (χ2v) is 15.9. The van der Waals surface area contributed by atoms with E-state index in [1.165, 1.54) is 75.8 Å². The highest BCUT2D eigenvalue weighted by molar-refractivity contribution is 7.26. The average molecular weight is 729 g/mol. The van der Waals surface area contributed by atoms with E-state index in [0.717, 1.165) is 33.9 Å². The molecular weight excluding hydrogens is 697 g/mol. The van der Waals surface area contributed by atoms with Crippen molar-refractivity contribution >= 4 is 31.5 Å². The summed E-state index contributed by atoms with van der Waals surface area (Å²) in [6.45, 7) is 0. The normalized spacial score (nSPS) is 13.1. The molecule has 0 amide bonds. The molecular formula is C53H32N2S. The molecule has 0 atom stereocenters. The van der Waals surface area contributed by atoms with Crippen molar-refractivity contribution in [3.05, 3.63) is 216 Å². The van der Waals surface area contributed by atoms with Gasteiger partial charge in [0, 0.05) is 36.9 Å². The second-order valence-electron chi connectivity index (χ2n) is 14.8. The third kappa shape index (κ3) is 4.38. The van der Waals surface area contributed by atoms with Gasteiger partial charge in [0.2, 0.25) is 0 Å². The molecule has 0 radical (unpaired) electrons. The molecule has 2 aliphatic carbocycles. The van der Waals surface area contributed by atoms with E-state index < -0.39 is 5.41 Å². The van der Waals surface area contributed by atoms with Gasteiger partial charge in [-0.3, -0.25) is 0 Å². The molecule has 8 aromatic carbocycles. The van der Waals surface area contributed by atoms with Crippen molar-refractivity contribution in [2.45, 2.75) is 5.41 Å². The van der Waals surface area contributed by atoms with Crippen LogP contribution in [0.4, 0.5) is 0 Å². The molecule has 3 heteroatoms. The molecule has 0 N–H and O–H groups in total. The fourth-order valence-corrected chi connectivity index (χ4v) is 10.8. The summed E-state index contributed by atoms with van der Waals surface area (Å²) in [5.41, 5.74) is 17.7. The van der Waals surface area contributed by atoms with E-state index in [-0.39, 0.29) is 0 Å². The molecule has 2 nitrogen and oxygen atoms in total. The summed E-state index contributed by atoms with van der Waals surface area (Å²) in [6, 6.07) is 70.6. The molecule has 0 bridgehead atoms. The first-order chi connectivity index (χ1) is 27.8. The Labute approximate surface area is 329 Å². The van der Waals surface area contributed by atoms with Gasteiger partial charge < -0.3 is 0 Å². The number of fused-ring (bicyclic) bond motifs is 13. The Morgan fingerprint density at radius 1 is 0.357 bits per heavy atom. The summed E-state index contributed by atoms with van der Waals surface area (Å²) in [5, 5.41) is 2.50. The predicted molar refractivity (Wildman–Crippen MR) is 233 cm³/mol. The van der Waals surface area contributed by atoms with E-state index >= 15 is 0 Å². The first kappa shape index (κ1) is 31.4. The largest absolute Gasteiger partial charge is 0.228 e. The van der Waals surface area contributed by atoms with Gasteiger partial charge in [-0.1, -0.05) is 170 Å². The van der Waals surface area contributed by atoms with Crippen molar-refractivity contribution < 1.29 is 0 Å². The molecule has 0 saturated carbocycles. The number of rotatable bonds is 4. The van der Waals surface area contributed by atoms with Crippen LogP contribution in [0.25, 0.3) is 87.5 Å². The van der Waals surface area contributed by atoms with Gasteiger partial charge in [0.25, 0.3) is 0 Å². The minimum Gasteiger partial charge on any atom is -0.228 e. The van der Waals surface area contributed by atoms with Crippen LogP contribution < -0.4 is 0 Å². The van der Waals surface area contributed by atoms with Crippen LogP contribution in [-0.2, 0) is 5.41 Å². The van der Waals surface area contributed by atoms with Crippen molar-refractivity contribution in [3.8, 4) is 67.3 Å². The van der Waals surface area contributed by atoms with Gasteiger partial charge in [0.1, 0.15) is 0 Å². The fraction of sp³-hybridized carbons (Fsp3) is 0.0189. The monoisotopic (exact) mass is 728 g/mol. The molecule has 1 spiro atoms.